The maximum atomic E-state index is 5.03. The van der Waals surface area contributed by atoms with E-state index in [9.17, 15) is 0 Å². The van der Waals surface area contributed by atoms with Crippen molar-refractivity contribution >= 4 is 21.8 Å². The van der Waals surface area contributed by atoms with Crippen LogP contribution in [0.25, 0.3) is 83.6 Å². The first-order valence-corrected chi connectivity index (χ1v) is 18.6. The van der Waals surface area contributed by atoms with Crippen molar-refractivity contribution in [2.24, 2.45) is 0 Å². The highest BCUT2D eigenvalue weighted by Gasteiger charge is 2.13. The van der Waals surface area contributed by atoms with Gasteiger partial charge >= 0.3 is 0 Å². The fourth-order valence-corrected chi connectivity index (χ4v) is 6.79. The Balaban J connectivity index is 0.00000105. The van der Waals surface area contributed by atoms with Crippen LogP contribution in [0, 0.1) is 0 Å². The quantitative estimate of drug-likeness (QED) is 0.174. The zero-order chi connectivity index (χ0) is 36.6. The summed E-state index contributed by atoms with van der Waals surface area (Å²) in [5.41, 5.74) is 13.2. The monoisotopic (exact) mass is 685 g/mol. The fourth-order valence-electron chi connectivity index (χ4n) is 6.79. The van der Waals surface area contributed by atoms with Gasteiger partial charge in [0.15, 0.2) is 5.82 Å². The zero-order valence-electron chi connectivity index (χ0n) is 30.7. The van der Waals surface area contributed by atoms with E-state index in [1.807, 2.05) is 64.1 Å². The lowest BCUT2D eigenvalue weighted by Crippen LogP contribution is -1.96. The van der Waals surface area contributed by atoms with E-state index in [1.54, 1.807) is 0 Å². The van der Waals surface area contributed by atoms with Crippen molar-refractivity contribution in [2.75, 3.05) is 0 Å². The van der Waals surface area contributed by atoms with Gasteiger partial charge in [-0.05, 0) is 58.7 Å². The smallest absolute Gasteiger partial charge is 0.160 e. The summed E-state index contributed by atoms with van der Waals surface area (Å²) in [5, 5.41) is 2.55. The van der Waals surface area contributed by atoms with E-state index in [0.29, 0.717) is 0 Å². The molecule has 0 atom stereocenters. The SMILES string of the molecule is CC.CC.c1ccc(-c2cc(-c3cccc(-c4ccc(-c5ccc(-n6c7ccccc7c7ccccc76)cc5)cc4)c3)nc(-c3ccccc3)n2)cc1. The van der Waals surface area contributed by atoms with Crippen LogP contribution >= 0.6 is 0 Å². The van der Waals surface area contributed by atoms with Gasteiger partial charge in [0.25, 0.3) is 0 Å². The minimum Gasteiger partial charge on any atom is -0.309 e. The Bertz CT molecular complexity index is 2460. The van der Waals surface area contributed by atoms with Crippen molar-refractivity contribution < 1.29 is 0 Å². The first-order valence-electron chi connectivity index (χ1n) is 18.6. The van der Waals surface area contributed by atoms with E-state index >= 15 is 0 Å². The van der Waals surface area contributed by atoms with Crippen LogP contribution in [-0.4, -0.2) is 14.5 Å². The average Bonchev–Trinajstić information content (AvgIpc) is 3.60. The number of nitrogens with zero attached hydrogens (tertiary/aromatic N) is 3. The van der Waals surface area contributed by atoms with Gasteiger partial charge in [-0.15, -0.1) is 0 Å². The highest BCUT2D eigenvalue weighted by atomic mass is 15.0. The zero-order valence-corrected chi connectivity index (χ0v) is 30.7. The minimum atomic E-state index is 0.718. The first-order chi connectivity index (χ1) is 26.3. The molecule has 2 heterocycles. The van der Waals surface area contributed by atoms with Crippen LogP contribution in [0.2, 0.25) is 0 Å². The van der Waals surface area contributed by atoms with Crippen LogP contribution in [0.1, 0.15) is 27.7 Å². The molecule has 3 heteroatoms. The second-order valence-corrected chi connectivity index (χ2v) is 12.3. The van der Waals surface area contributed by atoms with Crippen molar-refractivity contribution in [3.8, 4) is 61.8 Å². The van der Waals surface area contributed by atoms with Gasteiger partial charge in [0.2, 0.25) is 0 Å². The molecule has 0 aliphatic heterocycles. The molecular weight excluding hydrogens is 643 g/mol. The molecule has 0 spiro atoms. The summed E-state index contributed by atoms with van der Waals surface area (Å²) >= 11 is 0. The van der Waals surface area contributed by atoms with Gasteiger partial charge in [-0.2, -0.15) is 0 Å². The Morgan fingerprint density at radius 3 is 1.30 bits per heavy atom. The van der Waals surface area contributed by atoms with Gasteiger partial charge < -0.3 is 4.57 Å². The van der Waals surface area contributed by atoms with Crippen molar-refractivity contribution in [3.05, 3.63) is 188 Å². The Morgan fingerprint density at radius 1 is 0.321 bits per heavy atom. The second-order valence-electron chi connectivity index (χ2n) is 12.3. The number of aromatic nitrogens is 3. The van der Waals surface area contributed by atoms with Crippen molar-refractivity contribution in [1.29, 1.82) is 0 Å². The van der Waals surface area contributed by atoms with Gasteiger partial charge in [0, 0.05) is 33.2 Å². The molecule has 0 amide bonds. The molecule has 258 valence electrons. The molecule has 0 aliphatic rings. The van der Waals surface area contributed by atoms with E-state index in [-0.39, 0.29) is 0 Å². The van der Waals surface area contributed by atoms with E-state index in [2.05, 4.69) is 156 Å². The number of hydrogen-bond donors (Lipinski definition) is 0. The van der Waals surface area contributed by atoms with Gasteiger partial charge in [-0.1, -0.05) is 179 Å². The third-order valence-corrected chi connectivity index (χ3v) is 9.24. The summed E-state index contributed by atoms with van der Waals surface area (Å²) in [6.45, 7) is 8.00. The molecule has 0 unspecified atom stereocenters. The summed E-state index contributed by atoms with van der Waals surface area (Å²) in [7, 11) is 0. The third kappa shape index (κ3) is 7.15. The number of hydrogen-bond acceptors (Lipinski definition) is 2. The number of rotatable bonds is 6. The molecule has 9 rings (SSSR count). The topological polar surface area (TPSA) is 30.7 Å². The lowest BCUT2D eigenvalue weighted by Gasteiger charge is -2.11. The molecule has 0 fully saturated rings. The fraction of sp³-hybridized carbons (Fsp3) is 0.0800. The predicted molar refractivity (Wildman–Crippen MR) is 226 cm³/mol. The molecule has 0 aliphatic carbocycles. The van der Waals surface area contributed by atoms with Crippen molar-refractivity contribution in [3.63, 3.8) is 0 Å². The van der Waals surface area contributed by atoms with E-state index in [1.165, 1.54) is 32.9 Å². The molecular formula is C50H43N3. The minimum absolute atomic E-state index is 0.718. The summed E-state index contributed by atoms with van der Waals surface area (Å²) in [5.74, 6) is 0.718. The van der Waals surface area contributed by atoms with Crippen LogP contribution in [0.3, 0.4) is 0 Å². The highest BCUT2D eigenvalue weighted by Crippen LogP contribution is 2.34. The van der Waals surface area contributed by atoms with Crippen LogP contribution in [-0.2, 0) is 0 Å². The summed E-state index contributed by atoms with van der Waals surface area (Å²) < 4.78 is 2.35. The third-order valence-electron chi connectivity index (χ3n) is 9.24. The molecule has 3 nitrogen and oxygen atoms in total. The number of benzene rings is 7. The first kappa shape index (κ1) is 34.9. The lowest BCUT2D eigenvalue weighted by atomic mass is 9.98. The molecule has 0 saturated heterocycles. The Morgan fingerprint density at radius 2 is 0.736 bits per heavy atom. The van der Waals surface area contributed by atoms with Crippen LogP contribution in [0.5, 0.6) is 0 Å². The number of para-hydroxylation sites is 2. The van der Waals surface area contributed by atoms with E-state index in [4.69, 9.17) is 9.97 Å². The molecule has 0 saturated carbocycles. The number of fused-ring (bicyclic) bond motifs is 3. The van der Waals surface area contributed by atoms with Crippen LogP contribution in [0.15, 0.2) is 188 Å². The molecule has 0 radical (unpaired) electrons. The standard InChI is InChI=1S/C46H31N3.2C2H6/c1-3-12-35(13-4-1)42-31-43(48-46(47-42)36-14-5-2-6-15-36)38-17-11-16-37(30-38)34-24-22-32(23-25-34)33-26-28-39(29-27-33)49-44-20-9-7-18-40(44)41-19-8-10-21-45(41)49;2*1-2/h1-31H;2*1-2H3. The Hall–Kier alpha value is -6.58. The van der Waals surface area contributed by atoms with Gasteiger partial charge in [0.1, 0.15) is 0 Å². The van der Waals surface area contributed by atoms with Crippen molar-refractivity contribution in [1.82, 2.24) is 14.5 Å². The normalized spacial score (nSPS) is 10.6. The van der Waals surface area contributed by atoms with E-state index in [0.717, 1.165) is 50.7 Å². The van der Waals surface area contributed by atoms with E-state index < -0.39 is 0 Å². The predicted octanol–water partition coefficient (Wildman–Crippen LogP) is 14.0. The molecule has 0 bridgehead atoms. The highest BCUT2D eigenvalue weighted by molar-refractivity contribution is 6.09. The largest absolute Gasteiger partial charge is 0.309 e. The Kier molecular flexibility index (Phi) is 10.6. The average molecular weight is 686 g/mol. The molecule has 0 N–H and O–H groups in total. The summed E-state index contributed by atoms with van der Waals surface area (Å²) in [4.78, 5) is 9.99. The maximum absolute atomic E-state index is 5.03. The van der Waals surface area contributed by atoms with Crippen LogP contribution < -0.4 is 0 Å². The van der Waals surface area contributed by atoms with Crippen molar-refractivity contribution in [2.45, 2.75) is 27.7 Å². The van der Waals surface area contributed by atoms with Gasteiger partial charge in [0.05, 0.1) is 22.4 Å². The maximum Gasteiger partial charge on any atom is 0.160 e. The van der Waals surface area contributed by atoms with Gasteiger partial charge in [-0.3, -0.25) is 0 Å². The molecule has 7 aromatic carbocycles. The second kappa shape index (κ2) is 16.2. The molecule has 2 aromatic heterocycles. The summed E-state index contributed by atoms with van der Waals surface area (Å²) in [6.07, 6.45) is 0. The molecule has 9 aromatic rings. The lowest BCUT2D eigenvalue weighted by molar-refractivity contribution is 1.18. The van der Waals surface area contributed by atoms with Crippen LogP contribution in [0.4, 0.5) is 0 Å². The Labute approximate surface area is 312 Å². The van der Waals surface area contributed by atoms with Gasteiger partial charge in [-0.25, -0.2) is 9.97 Å². The molecule has 53 heavy (non-hydrogen) atoms. The summed E-state index contributed by atoms with van der Waals surface area (Å²) in [6, 6.07) is 66.2.